The lowest BCUT2D eigenvalue weighted by Crippen LogP contribution is -2.30. The maximum absolute atomic E-state index is 12.9. The predicted octanol–water partition coefficient (Wildman–Crippen LogP) is 20.4. The molecule has 0 aromatic rings. The largest absolute Gasteiger partial charge is 0.462 e. The number of hydrogen-bond donors (Lipinski definition) is 0. The fourth-order valence-electron chi connectivity index (χ4n) is 9.15. The van der Waals surface area contributed by atoms with Gasteiger partial charge in [-0.05, 0) is 38.5 Å². The van der Waals surface area contributed by atoms with Gasteiger partial charge in [-0.3, -0.25) is 14.4 Å². The highest BCUT2D eigenvalue weighted by Gasteiger charge is 2.19. The predicted molar refractivity (Wildman–Crippen MR) is 298 cm³/mol. The molecule has 0 spiro atoms. The van der Waals surface area contributed by atoms with Crippen molar-refractivity contribution in [3.05, 3.63) is 36.5 Å². The van der Waals surface area contributed by atoms with Gasteiger partial charge in [-0.15, -0.1) is 0 Å². The van der Waals surface area contributed by atoms with Gasteiger partial charge in [0.15, 0.2) is 6.10 Å². The van der Waals surface area contributed by atoms with E-state index in [9.17, 15) is 14.4 Å². The Morgan fingerprint density at radius 1 is 0.304 bits per heavy atom. The van der Waals surface area contributed by atoms with Gasteiger partial charge in [-0.2, -0.15) is 0 Å². The van der Waals surface area contributed by atoms with Crippen LogP contribution in [0.15, 0.2) is 36.5 Å². The standard InChI is InChI=1S/C63H116O6/c1-4-7-10-13-16-19-22-25-27-29-31-33-35-38-41-44-47-50-53-56-62(65)68-59-60(58-67-61(64)55-52-49-46-43-40-37-24-21-18-15-12-9-6-3)69-63(66)57-54-51-48-45-42-39-36-34-32-30-28-26-23-20-17-14-11-8-5-2/h9,12,15,18,21,24,60H,4-8,10-11,13-14,16-17,19-20,22-23,25-59H2,1-3H3/b12-9-,18-15-,24-21-. The zero-order valence-electron chi connectivity index (χ0n) is 46.3. The summed E-state index contributed by atoms with van der Waals surface area (Å²) in [4.78, 5) is 38.2. The minimum Gasteiger partial charge on any atom is -0.462 e. The van der Waals surface area contributed by atoms with Gasteiger partial charge >= 0.3 is 17.9 Å². The van der Waals surface area contributed by atoms with Crippen LogP contribution in [0, 0.1) is 0 Å². The SMILES string of the molecule is CC\C=C/C=C\C=C/CCCCCCCC(=O)OCC(COC(=O)CCCCCCCCCCCCCCCCCCCCC)OC(=O)CCCCCCCCCCCCCCCCCCCCC. The summed E-state index contributed by atoms with van der Waals surface area (Å²) < 4.78 is 16.9. The Kier molecular flexibility index (Phi) is 56.2. The van der Waals surface area contributed by atoms with Crippen molar-refractivity contribution in [1.29, 1.82) is 0 Å². The molecule has 0 amide bonds. The Balaban J connectivity index is 4.30. The molecule has 0 aliphatic heterocycles. The molecule has 6 heteroatoms. The molecular weight excluding hydrogens is 853 g/mol. The van der Waals surface area contributed by atoms with Gasteiger partial charge in [0.1, 0.15) is 13.2 Å². The summed E-state index contributed by atoms with van der Waals surface area (Å²) in [5, 5.41) is 0. The lowest BCUT2D eigenvalue weighted by Gasteiger charge is -2.18. The number of carbonyl (C=O) groups excluding carboxylic acids is 3. The second-order valence-electron chi connectivity index (χ2n) is 20.7. The van der Waals surface area contributed by atoms with Crippen molar-refractivity contribution in [3.63, 3.8) is 0 Å². The van der Waals surface area contributed by atoms with Crippen molar-refractivity contribution in [2.75, 3.05) is 13.2 Å². The van der Waals surface area contributed by atoms with Crippen LogP contribution in [-0.2, 0) is 28.6 Å². The summed E-state index contributed by atoms with van der Waals surface area (Å²) in [5.41, 5.74) is 0. The van der Waals surface area contributed by atoms with E-state index in [2.05, 4.69) is 57.2 Å². The highest BCUT2D eigenvalue weighted by atomic mass is 16.6. The van der Waals surface area contributed by atoms with E-state index < -0.39 is 6.10 Å². The van der Waals surface area contributed by atoms with Gasteiger partial charge < -0.3 is 14.2 Å². The number of rotatable bonds is 56. The molecule has 0 saturated heterocycles. The van der Waals surface area contributed by atoms with Gasteiger partial charge in [0.05, 0.1) is 0 Å². The van der Waals surface area contributed by atoms with E-state index in [-0.39, 0.29) is 31.1 Å². The Morgan fingerprint density at radius 3 is 0.870 bits per heavy atom. The number of allylic oxidation sites excluding steroid dienone is 6. The molecule has 0 rings (SSSR count). The van der Waals surface area contributed by atoms with Crippen LogP contribution in [0.1, 0.15) is 329 Å². The van der Waals surface area contributed by atoms with Gasteiger partial charge in [0.2, 0.25) is 0 Å². The Morgan fingerprint density at radius 2 is 0.565 bits per heavy atom. The Bertz CT molecular complexity index is 1160. The van der Waals surface area contributed by atoms with Crippen LogP contribution in [0.4, 0.5) is 0 Å². The average molecular weight is 970 g/mol. The molecule has 0 aromatic heterocycles. The number of hydrogen-bond acceptors (Lipinski definition) is 6. The number of carbonyl (C=O) groups is 3. The van der Waals surface area contributed by atoms with Crippen molar-refractivity contribution >= 4 is 17.9 Å². The minimum atomic E-state index is -0.776. The van der Waals surface area contributed by atoms with Crippen molar-refractivity contribution in [1.82, 2.24) is 0 Å². The van der Waals surface area contributed by atoms with Crippen LogP contribution >= 0.6 is 0 Å². The first-order valence-electron chi connectivity index (χ1n) is 30.5. The molecule has 0 fully saturated rings. The summed E-state index contributed by atoms with van der Waals surface area (Å²) in [6.07, 6.45) is 70.1. The maximum atomic E-state index is 12.9. The van der Waals surface area contributed by atoms with Crippen molar-refractivity contribution < 1.29 is 28.6 Å². The normalized spacial score (nSPS) is 12.2. The molecule has 1 unspecified atom stereocenters. The zero-order valence-corrected chi connectivity index (χ0v) is 46.3. The summed E-state index contributed by atoms with van der Waals surface area (Å²) in [5.74, 6) is -0.872. The highest BCUT2D eigenvalue weighted by molar-refractivity contribution is 5.71. The molecule has 0 aromatic carbocycles. The van der Waals surface area contributed by atoms with E-state index in [1.54, 1.807) is 0 Å². The maximum Gasteiger partial charge on any atom is 0.306 e. The van der Waals surface area contributed by atoms with Crippen LogP contribution in [0.3, 0.4) is 0 Å². The van der Waals surface area contributed by atoms with Gasteiger partial charge in [0.25, 0.3) is 0 Å². The Hall–Kier alpha value is -2.37. The molecule has 404 valence electrons. The van der Waals surface area contributed by atoms with Crippen molar-refractivity contribution in [2.45, 2.75) is 335 Å². The minimum absolute atomic E-state index is 0.0736. The first-order chi connectivity index (χ1) is 34.0. The molecule has 0 heterocycles. The van der Waals surface area contributed by atoms with E-state index in [0.717, 1.165) is 83.5 Å². The lowest BCUT2D eigenvalue weighted by atomic mass is 10.0. The lowest BCUT2D eigenvalue weighted by molar-refractivity contribution is -0.167. The van der Waals surface area contributed by atoms with Crippen LogP contribution in [-0.4, -0.2) is 37.2 Å². The third kappa shape index (κ3) is 56.4. The summed E-state index contributed by atoms with van der Waals surface area (Å²) >= 11 is 0. The van der Waals surface area contributed by atoms with Gasteiger partial charge in [-0.25, -0.2) is 0 Å². The second-order valence-corrected chi connectivity index (χ2v) is 20.7. The number of ether oxygens (including phenoxy) is 3. The van der Waals surface area contributed by atoms with Crippen LogP contribution in [0.5, 0.6) is 0 Å². The first kappa shape index (κ1) is 66.6. The zero-order chi connectivity index (χ0) is 50.0. The molecule has 6 nitrogen and oxygen atoms in total. The smallest absolute Gasteiger partial charge is 0.306 e. The van der Waals surface area contributed by atoms with E-state index in [1.165, 1.54) is 205 Å². The van der Waals surface area contributed by atoms with E-state index >= 15 is 0 Å². The molecule has 0 radical (unpaired) electrons. The quantitative estimate of drug-likeness (QED) is 0.0261. The molecule has 0 saturated carbocycles. The molecule has 0 N–H and O–H groups in total. The molecule has 1 atom stereocenters. The number of esters is 3. The van der Waals surface area contributed by atoms with Gasteiger partial charge in [-0.1, -0.05) is 308 Å². The fraction of sp³-hybridized carbons (Fsp3) is 0.857. The monoisotopic (exact) mass is 969 g/mol. The van der Waals surface area contributed by atoms with Gasteiger partial charge in [0, 0.05) is 19.3 Å². The first-order valence-corrected chi connectivity index (χ1v) is 30.5. The molecule has 0 aliphatic carbocycles. The van der Waals surface area contributed by atoms with E-state index in [4.69, 9.17) is 14.2 Å². The summed E-state index contributed by atoms with van der Waals surface area (Å²) in [6, 6.07) is 0. The van der Waals surface area contributed by atoms with Crippen LogP contribution in [0.25, 0.3) is 0 Å². The van der Waals surface area contributed by atoms with E-state index in [0.29, 0.717) is 19.3 Å². The third-order valence-corrected chi connectivity index (χ3v) is 13.7. The average Bonchev–Trinajstić information content (AvgIpc) is 3.35. The van der Waals surface area contributed by atoms with Crippen LogP contribution < -0.4 is 0 Å². The topological polar surface area (TPSA) is 78.9 Å². The fourth-order valence-corrected chi connectivity index (χ4v) is 9.15. The molecule has 69 heavy (non-hydrogen) atoms. The molecule has 0 bridgehead atoms. The Labute approximate surface area is 429 Å². The van der Waals surface area contributed by atoms with Crippen LogP contribution in [0.2, 0.25) is 0 Å². The van der Waals surface area contributed by atoms with Crippen molar-refractivity contribution in [3.8, 4) is 0 Å². The van der Waals surface area contributed by atoms with E-state index in [1.807, 2.05) is 0 Å². The highest BCUT2D eigenvalue weighted by Crippen LogP contribution is 2.18. The molecule has 0 aliphatic rings. The molecular formula is C63H116O6. The number of unbranched alkanes of at least 4 members (excludes halogenated alkanes) is 41. The van der Waals surface area contributed by atoms with Crippen molar-refractivity contribution in [2.24, 2.45) is 0 Å². The third-order valence-electron chi connectivity index (χ3n) is 13.7. The summed E-state index contributed by atoms with van der Waals surface area (Å²) in [6.45, 7) is 6.55. The summed E-state index contributed by atoms with van der Waals surface area (Å²) in [7, 11) is 0. The second kappa shape index (κ2) is 58.2.